The van der Waals surface area contributed by atoms with Gasteiger partial charge in [0, 0.05) is 47.2 Å². The molecule has 11 heteroatoms. The number of aromatic nitrogens is 1. The third-order valence-electron chi connectivity index (χ3n) is 5.54. The van der Waals surface area contributed by atoms with Gasteiger partial charge < -0.3 is 19.5 Å². The molecule has 34 heavy (non-hydrogen) atoms. The van der Waals surface area contributed by atoms with Crippen LogP contribution in [0.15, 0.2) is 73.5 Å². The molecule has 0 spiro atoms. The monoisotopic (exact) mass is 481 g/mol. The van der Waals surface area contributed by atoms with Crippen molar-refractivity contribution in [2.75, 3.05) is 31.6 Å². The molecule has 1 aliphatic heterocycles. The molecule has 174 valence electrons. The maximum absolute atomic E-state index is 13.1. The number of fused-ring (bicyclic) bond motifs is 2. The number of carbonyl (C=O) groups excluding carboxylic acids is 1. The molecule has 3 heterocycles. The number of rotatable bonds is 4. The third kappa shape index (κ3) is 4.12. The number of morpholine rings is 1. The van der Waals surface area contributed by atoms with Crippen LogP contribution < -0.4 is 16.5 Å². The zero-order valence-corrected chi connectivity index (χ0v) is 18.6. The van der Waals surface area contributed by atoms with Gasteiger partial charge in [-0.2, -0.15) is 4.31 Å². The van der Waals surface area contributed by atoms with E-state index in [9.17, 15) is 22.8 Å². The van der Waals surface area contributed by atoms with Gasteiger partial charge in [-0.15, -0.1) is 0 Å². The average molecular weight is 481 g/mol. The molecule has 4 aromatic rings. The number of amides is 1. The Morgan fingerprint density at radius 3 is 2.56 bits per heavy atom. The second-order valence-electron chi connectivity index (χ2n) is 7.73. The number of anilines is 1. The van der Waals surface area contributed by atoms with Crippen LogP contribution in [0.1, 0.15) is 10.4 Å². The van der Waals surface area contributed by atoms with Crippen LogP contribution in [0.2, 0.25) is 0 Å². The molecule has 0 unspecified atom stereocenters. The first-order valence-electron chi connectivity index (χ1n) is 10.4. The predicted octanol–water partition coefficient (Wildman–Crippen LogP) is 1.91. The Morgan fingerprint density at radius 2 is 1.76 bits per heavy atom. The minimum atomic E-state index is -3.80. The number of H-pyrrole nitrogens is 1. The first kappa shape index (κ1) is 22.0. The molecule has 5 rings (SSSR count). The Morgan fingerprint density at radius 1 is 0.971 bits per heavy atom. The van der Waals surface area contributed by atoms with Crippen molar-refractivity contribution in [2.24, 2.45) is 0 Å². The van der Waals surface area contributed by atoms with E-state index in [1.54, 1.807) is 24.3 Å². The van der Waals surface area contributed by atoms with E-state index in [4.69, 9.17) is 9.15 Å². The van der Waals surface area contributed by atoms with Crippen LogP contribution in [-0.4, -0.2) is 49.9 Å². The summed E-state index contributed by atoms with van der Waals surface area (Å²) in [5.74, 6) is -0.589. The first-order valence-corrected chi connectivity index (χ1v) is 11.9. The van der Waals surface area contributed by atoms with Gasteiger partial charge in [-0.25, -0.2) is 13.2 Å². The normalized spacial score (nSPS) is 14.9. The number of pyridine rings is 1. The fraction of sp³-hybridized carbons (Fsp3) is 0.174. The van der Waals surface area contributed by atoms with Crippen LogP contribution in [0.5, 0.6) is 0 Å². The van der Waals surface area contributed by atoms with E-state index in [2.05, 4.69) is 10.3 Å². The number of ether oxygens (including phenoxy) is 1. The largest absolute Gasteiger partial charge is 0.423 e. The van der Waals surface area contributed by atoms with Crippen molar-refractivity contribution in [3.05, 3.63) is 80.9 Å². The topological polar surface area (TPSA) is 139 Å². The first-order chi connectivity index (χ1) is 16.3. The highest BCUT2D eigenvalue weighted by Gasteiger charge is 2.27. The number of hydrogen-bond donors (Lipinski definition) is 2. The smallest absolute Gasteiger partial charge is 0.336 e. The molecule has 0 bridgehead atoms. The maximum atomic E-state index is 13.1. The lowest BCUT2D eigenvalue weighted by Gasteiger charge is -2.26. The summed E-state index contributed by atoms with van der Waals surface area (Å²) in [5.41, 5.74) is 0.155. The minimum Gasteiger partial charge on any atom is -0.423 e. The molecule has 0 aliphatic carbocycles. The van der Waals surface area contributed by atoms with Gasteiger partial charge in [0.15, 0.2) is 0 Å². The van der Waals surface area contributed by atoms with E-state index in [1.807, 2.05) is 0 Å². The number of sulfonamides is 1. The number of aromatic amines is 1. The summed E-state index contributed by atoms with van der Waals surface area (Å²) < 4.78 is 37.8. The zero-order valence-electron chi connectivity index (χ0n) is 17.7. The SMILES string of the molecule is O=C(Nc1ccc2oc(=O)ccc2c1)c1cc(=O)[nH]c2ccc(S(=O)(=O)N3CCOCC3)cc12. The summed E-state index contributed by atoms with van der Waals surface area (Å²) in [6, 6.07) is 13.0. The van der Waals surface area contributed by atoms with E-state index >= 15 is 0 Å². The molecule has 1 aliphatic rings. The van der Waals surface area contributed by atoms with Crippen LogP contribution in [0.4, 0.5) is 5.69 Å². The van der Waals surface area contributed by atoms with E-state index < -0.39 is 27.1 Å². The summed E-state index contributed by atoms with van der Waals surface area (Å²) in [5, 5.41) is 3.61. The standard InChI is InChI=1S/C23H19N3O7S/c27-21-13-18(23(29)24-15-2-5-20-14(11-15)1-6-22(28)33-20)17-12-16(3-4-19(17)25-21)34(30,31)26-7-9-32-10-8-26/h1-6,11-13H,7-10H2,(H,24,29)(H,25,27). The summed E-state index contributed by atoms with van der Waals surface area (Å²) in [7, 11) is -3.80. The molecule has 0 saturated carbocycles. The van der Waals surface area contributed by atoms with Gasteiger partial charge in [0.25, 0.3) is 5.91 Å². The molecule has 2 N–H and O–H groups in total. The van der Waals surface area contributed by atoms with E-state index in [1.165, 1.54) is 28.6 Å². The summed E-state index contributed by atoms with van der Waals surface area (Å²) in [6.45, 7) is 1.09. The van der Waals surface area contributed by atoms with Gasteiger partial charge >= 0.3 is 5.63 Å². The highest BCUT2D eigenvalue weighted by Crippen LogP contribution is 2.25. The maximum Gasteiger partial charge on any atom is 0.336 e. The van der Waals surface area contributed by atoms with Gasteiger partial charge in [-0.05, 0) is 42.5 Å². The number of nitrogens with one attached hydrogen (secondary N) is 2. The van der Waals surface area contributed by atoms with Crippen molar-refractivity contribution in [3.8, 4) is 0 Å². The second kappa shape index (κ2) is 8.52. The van der Waals surface area contributed by atoms with Crippen molar-refractivity contribution in [3.63, 3.8) is 0 Å². The van der Waals surface area contributed by atoms with Gasteiger partial charge in [0.2, 0.25) is 15.6 Å². The molecule has 1 amide bonds. The van der Waals surface area contributed by atoms with Gasteiger partial charge in [0.1, 0.15) is 5.58 Å². The van der Waals surface area contributed by atoms with Crippen LogP contribution in [0.25, 0.3) is 21.9 Å². The summed E-state index contributed by atoms with van der Waals surface area (Å²) >= 11 is 0. The molecule has 2 aromatic heterocycles. The molecule has 1 saturated heterocycles. The number of carbonyl (C=O) groups is 1. The van der Waals surface area contributed by atoms with Crippen LogP contribution >= 0.6 is 0 Å². The number of benzene rings is 2. The lowest BCUT2D eigenvalue weighted by atomic mass is 10.1. The average Bonchev–Trinajstić information content (AvgIpc) is 2.83. The molecule has 0 radical (unpaired) electrons. The third-order valence-corrected chi connectivity index (χ3v) is 7.44. The van der Waals surface area contributed by atoms with E-state index in [-0.39, 0.29) is 23.5 Å². The van der Waals surface area contributed by atoms with E-state index in [0.717, 1.165) is 6.07 Å². The van der Waals surface area contributed by atoms with E-state index in [0.29, 0.717) is 40.8 Å². The molecule has 2 aromatic carbocycles. The van der Waals surface area contributed by atoms with Crippen molar-refractivity contribution in [1.29, 1.82) is 0 Å². The minimum absolute atomic E-state index is 0.0173. The Labute approximate surface area is 192 Å². The Kier molecular flexibility index (Phi) is 5.52. The molecule has 0 atom stereocenters. The molecular formula is C23H19N3O7S. The second-order valence-corrected chi connectivity index (χ2v) is 9.67. The lowest BCUT2D eigenvalue weighted by Crippen LogP contribution is -2.40. The Balaban J connectivity index is 1.53. The number of nitrogens with zero attached hydrogens (tertiary/aromatic N) is 1. The van der Waals surface area contributed by atoms with Gasteiger partial charge in [-0.1, -0.05) is 0 Å². The van der Waals surface area contributed by atoms with Crippen molar-refractivity contribution < 1.29 is 22.4 Å². The fourth-order valence-electron chi connectivity index (χ4n) is 3.87. The lowest BCUT2D eigenvalue weighted by molar-refractivity contribution is 0.0730. The zero-order chi connectivity index (χ0) is 23.9. The Bertz CT molecular complexity index is 1650. The van der Waals surface area contributed by atoms with Gasteiger partial charge in [0.05, 0.1) is 23.7 Å². The van der Waals surface area contributed by atoms with Crippen molar-refractivity contribution in [1.82, 2.24) is 9.29 Å². The van der Waals surface area contributed by atoms with Crippen molar-refractivity contribution in [2.45, 2.75) is 4.90 Å². The van der Waals surface area contributed by atoms with Gasteiger partial charge in [-0.3, -0.25) is 9.59 Å². The quantitative estimate of drug-likeness (QED) is 0.425. The predicted molar refractivity (Wildman–Crippen MR) is 125 cm³/mol. The summed E-state index contributed by atoms with van der Waals surface area (Å²) in [4.78, 5) is 39.3. The molecular weight excluding hydrogens is 462 g/mol. The molecule has 1 fully saturated rings. The number of hydrogen-bond acceptors (Lipinski definition) is 7. The highest BCUT2D eigenvalue weighted by atomic mass is 32.2. The highest BCUT2D eigenvalue weighted by molar-refractivity contribution is 7.89. The molecule has 10 nitrogen and oxygen atoms in total. The van der Waals surface area contributed by atoms with Crippen LogP contribution in [0, 0.1) is 0 Å². The van der Waals surface area contributed by atoms with Crippen molar-refractivity contribution >= 4 is 43.5 Å². The Hall–Kier alpha value is -3.80. The fourth-order valence-corrected chi connectivity index (χ4v) is 5.30. The summed E-state index contributed by atoms with van der Waals surface area (Å²) in [6.07, 6.45) is 0. The van der Waals surface area contributed by atoms with Crippen LogP contribution in [0.3, 0.4) is 0 Å². The van der Waals surface area contributed by atoms with Crippen LogP contribution in [-0.2, 0) is 14.8 Å².